The monoisotopic (exact) mass is 260 g/mol. The lowest BCUT2D eigenvalue weighted by Gasteiger charge is -2.37. The van der Waals surface area contributed by atoms with E-state index in [2.05, 4.69) is 56.8 Å². The molecule has 0 spiro atoms. The van der Waals surface area contributed by atoms with Crippen LogP contribution in [0.1, 0.15) is 36.5 Å². The number of benzene rings is 1. The predicted octanol–water partition coefficient (Wildman–Crippen LogP) is 3.40. The van der Waals surface area contributed by atoms with Crippen LogP contribution in [-0.4, -0.2) is 38.1 Å². The summed E-state index contributed by atoms with van der Waals surface area (Å²) in [5, 5.41) is 0. The van der Waals surface area contributed by atoms with Gasteiger partial charge in [0.25, 0.3) is 0 Å². The molecule has 1 saturated heterocycles. The molecule has 1 aromatic rings. The maximum absolute atomic E-state index is 2.58. The zero-order valence-electron chi connectivity index (χ0n) is 13.2. The first kappa shape index (κ1) is 14.4. The molecule has 0 N–H and O–H groups in total. The highest BCUT2D eigenvalue weighted by molar-refractivity contribution is 5.57. The van der Waals surface area contributed by atoms with Crippen LogP contribution in [-0.2, 0) is 6.42 Å². The highest BCUT2D eigenvalue weighted by Crippen LogP contribution is 2.28. The smallest absolute Gasteiger partial charge is 0.0398 e. The van der Waals surface area contributed by atoms with E-state index in [9.17, 15) is 0 Å². The molecule has 1 aliphatic rings. The summed E-state index contributed by atoms with van der Waals surface area (Å²) in [5.74, 6) is 0. The van der Waals surface area contributed by atoms with Crippen LogP contribution in [0.15, 0.2) is 12.1 Å². The van der Waals surface area contributed by atoms with Gasteiger partial charge in [0.1, 0.15) is 0 Å². The quantitative estimate of drug-likeness (QED) is 0.822. The SMILES string of the molecule is CCc1cc(N2CCC(N(C)C)CC2)c(C)cc1C. The van der Waals surface area contributed by atoms with Crippen molar-refractivity contribution in [3.05, 3.63) is 28.8 Å². The number of aryl methyl sites for hydroxylation is 3. The summed E-state index contributed by atoms with van der Waals surface area (Å²) in [5.41, 5.74) is 5.82. The minimum atomic E-state index is 0.757. The Morgan fingerprint density at radius 1 is 1.11 bits per heavy atom. The Balaban J connectivity index is 2.15. The Hall–Kier alpha value is -1.02. The molecule has 0 aliphatic carbocycles. The molecule has 0 bridgehead atoms. The summed E-state index contributed by atoms with van der Waals surface area (Å²) in [4.78, 5) is 4.95. The maximum Gasteiger partial charge on any atom is 0.0398 e. The average Bonchev–Trinajstić information content (AvgIpc) is 2.39. The van der Waals surface area contributed by atoms with E-state index in [-0.39, 0.29) is 0 Å². The molecule has 106 valence electrons. The van der Waals surface area contributed by atoms with Gasteiger partial charge in [-0.2, -0.15) is 0 Å². The Morgan fingerprint density at radius 2 is 1.74 bits per heavy atom. The molecule has 2 nitrogen and oxygen atoms in total. The van der Waals surface area contributed by atoms with Gasteiger partial charge in [-0.1, -0.05) is 13.0 Å². The van der Waals surface area contributed by atoms with Crippen molar-refractivity contribution in [2.45, 2.75) is 46.1 Å². The van der Waals surface area contributed by atoms with Crippen LogP contribution >= 0.6 is 0 Å². The van der Waals surface area contributed by atoms with Crippen LogP contribution < -0.4 is 4.90 Å². The number of piperidine rings is 1. The van der Waals surface area contributed by atoms with E-state index in [1.807, 2.05) is 0 Å². The zero-order valence-corrected chi connectivity index (χ0v) is 13.2. The van der Waals surface area contributed by atoms with Crippen LogP contribution in [0.5, 0.6) is 0 Å². The number of hydrogen-bond donors (Lipinski definition) is 0. The fourth-order valence-corrected chi connectivity index (χ4v) is 3.23. The Labute approximate surface area is 118 Å². The summed E-state index contributed by atoms with van der Waals surface area (Å²) in [6, 6.07) is 5.53. The standard InChI is InChI=1S/C17H28N2/c1-6-15-12-17(14(3)11-13(15)2)19-9-7-16(8-10-19)18(4)5/h11-12,16H,6-10H2,1-5H3. The van der Waals surface area contributed by atoms with E-state index in [0.29, 0.717) is 0 Å². The van der Waals surface area contributed by atoms with Gasteiger partial charge in [0.15, 0.2) is 0 Å². The minimum Gasteiger partial charge on any atom is -0.371 e. The second kappa shape index (κ2) is 5.96. The first-order valence-corrected chi connectivity index (χ1v) is 7.54. The third kappa shape index (κ3) is 3.11. The minimum absolute atomic E-state index is 0.757. The highest BCUT2D eigenvalue weighted by Gasteiger charge is 2.21. The Kier molecular flexibility index (Phi) is 4.51. The second-order valence-corrected chi connectivity index (χ2v) is 6.10. The Morgan fingerprint density at radius 3 is 2.26 bits per heavy atom. The second-order valence-electron chi connectivity index (χ2n) is 6.10. The molecule has 0 unspecified atom stereocenters. The van der Waals surface area contributed by atoms with Gasteiger partial charge in [-0.3, -0.25) is 0 Å². The largest absolute Gasteiger partial charge is 0.371 e. The van der Waals surface area contributed by atoms with Crippen molar-refractivity contribution in [2.75, 3.05) is 32.1 Å². The van der Waals surface area contributed by atoms with Crippen LogP contribution in [0.25, 0.3) is 0 Å². The van der Waals surface area contributed by atoms with Gasteiger partial charge in [-0.25, -0.2) is 0 Å². The molecular formula is C17H28N2. The van der Waals surface area contributed by atoms with E-state index in [4.69, 9.17) is 0 Å². The predicted molar refractivity (Wildman–Crippen MR) is 84.2 cm³/mol. The van der Waals surface area contributed by atoms with Crippen molar-refractivity contribution < 1.29 is 0 Å². The lowest BCUT2D eigenvalue weighted by atomic mass is 9.98. The summed E-state index contributed by atoms with van der Waals surface area (Å²) >= 11 is 0. The van der Waals surface area contributed by atoms with Gasteiger partial charge in [-0.15, -0.1) is 0 Å². The lowest BCUT2D eigenvalue weighted by Crippen LogP contribution is -2.42. The molecule has 0 atom stereocenters. The van der Waals surface area contributed by atoms with E-state index in [0.717, 1.165) is 12.5 Å². The van der Waals surface area contributed by atoms with E-state index >= 15 is 0 Å². The molecule has 1 heterocycles. The van der Waals surface area contributed by atoms with Gasteiger partial charge >= 0.3 is 0 Å². The van der Waals surface area contributed by atoms with Gasteiger partial charge in [-0.05, 0) is 70.0 Å². The van der Waals surface area contributed by atoms with E-state index in [1.165, 1.54) is 48.3 Å². The summed E-state index contributed by atoms with van der Waals surface area (Å²) in [7, 11) is 4.40. The molecule has 1 aliphatic heterocycles. The van der Waals surface area contributed by atoms with Crippen LogP contribution in [0.3, 0.4) is 0 Å². The van der Waals surface area contributed by atoms with Crippen molar-refractivity contribution in [3.63, 3.8) is 0 Å². The molecule has 2 rings (SSSR count). The number of nitrogens with zero attached hydrogens (tertiary/aromatic N) is 2. The zero-order chi connectivity index (χ0) is 14.0. The molecule has 0 aromatic heterocycles. The lowest BCUT2D eigenvalue weighted by molar-refractivity contribution is 0.249. The topological polar surface area (TPSA) is 6.48 Å². The van der Waals surface area contributed by atoms with Gasteiger partial charge in [0.05, 0.1) is 0 Å². The molecule has 1 fully saturated rings. The summed E-state index contributed by atoms with van der Waals surface area (Å²) < 4.78 is 0. The van der Waals surface area contributed by atoms with Crippen molar-refractivity contribution in [3.8, 4) is 0 Å². The fourth-order valence-electron chi connectivity index (χ4n) is 3.23. The van der Waals surface area contributed by atoms with E-state index < -0.39 is 0 Å². The first-order chi connectivity index (χ1) is 9.02. The van der Waals surface area contributed by atoms with Crippen molar-refractivity contribution in [1.29, 1.82) is 0 Å². The molecule has 0 radical (unpaired) electrons. The highest BCUT2D eigenvalue weighted by atomic mass is 15.2. The normalized spacial score (nSPS) is 17.3. The molecular weight excluding hydrogens is 232 g/mol. The number of rotatable bonds is 3. The van der Waals surface area contributed by atoms with Gasteiger partial charge < -0.3 is 9.80 Å². The van der Waals surface area contributed by atoms with Crippen LogP contribution in [0, 0.1) is 13.8 Å². The molecule has 0 amide bonds. The summed E-state index contributed by atoms with van der Waals surface area (Å²) in [6.45, 7) is 9.11. The van der Waals surface area contributed by atoms with Crippen LogP contribution in [0.2, 0.25) is 0 Å². The number of anilines is 1. The summed E-state index contributed by atoms with van der Waals surface area (Å²) in [6.07, 6.45) is 3.69. The molecule has 19 heavy (non-hydrogen) atoms. The third-order valence-electron chi connectivity index (χ3n) is 4.57. The third-order valence-corrected chi connectivity index (χ3v) is 4.57. The van der Waals surface area contributed by atoms with Crippen LogP contribution in [0.4, 0.5) is 5.69 Å². The first-order valence-electron chi connectivity index (χ1n) is 7.54. The van der Waals surface area contributed by atoms with Gasteiger partial charge in [0.2, 0.25) is 0 Å². The van der Waals surface area contributed by atoms with Crippen molar-refractivity contribution in [2.24, 2.45) is 0 Å². The average molecular weight is 260 g/mol. The van der Waals surface area contributed by atoms with Crippen molar-refractivity contribution >= 4 is 5.69 Å². The molecule has 1 aromatic carbocycles. The fraction of sp³-hybridized carbons (Fsp3) is 0.647. The van der Waals surface area contributed by atoms with E-state index in [1.54, 1.807) is 0 Å². The maximum atomic E-state index is 2.58. The number of hydrogen-bond acceptors (Lipinski definition) is 2. The van der Waals surface area contributed by atoms with Crippen molar-refractivity contribution in [1.82, 2.24) is 4.90 Å². The molecule has 2 heteroatoms. The Bertz CT molecular complexity index is 429. The molecule has 0 saturated carbocycles. The van der Waals surface area contributed by atoms with Gasteiger partial charge in [0, 0.05) is 24.8 Å².